The zero-order chi connectivity index (χ0) is 22.8. The van der Waals surface area contributed by atoms with E-state index in [1.807, 2.05) is 18.2 Å². The third kappa shape index (κ3) is 4.56. The number of likely N-dealkylation sites (tertiary alicyclic amines) is 1. The summed E-state index contributed by atoms with van der Waals surface area (Å²) >= 11 is 5.80. The molecule has 1 amide bonds. The van der Waals surface area contributed by atoms with E-state index in [4.69, 9.17) is 20.9 Å². The molecule has 1 aliphatic heterocycles. The van der Waals surface area contributed by atoms with Gasteiger partial charge < -0.3 is 14.2 Å². The number of halogens is 2. The summed E-state index contributed by atoms with van der Waals surface area (Å²) in [6, 6.07) is 13.3. The average molecular weight is 465 g/mol. The van der Waals surface area contributed by atoms with Crippen LogP contribution in [0.1, 0.15) is 18.4 Å². The highest BCUT2D eigenvalue weighted by atomic mass is 35.5. The Kier molecular flexibility index (Phi) is 5.75. The van der Waals surface area contributed by atoms with Crippen LogP contribution in [-0.2, 0) is 11.3 Å². The lowest BCUT2D eigenvalue weighted by molar-refractivity contribution is -0.128. The molecule has 1 aliphatic rings. The molecule has 5 rings (SSSR count). The molecule has 0 saturated carbocycles. The van der Waals surface area contributed by atoms with Crippen molar-refractivity contribution in [2.75, 3.05) is 6.54 Å². The van der Waals surface area contributed by atoms with Crippen molar-refractivity contribution >= 4 is 17.5 Å². The minimum atomic E-state index is -0.584. The van der Waals surface area contributed by atoms with Crippen molar-refractivity contribution in [1.82, 2.24) is 20.0 Å². The lowest BCUT2D eigenvalue weighted by Crippen LogP contribution is -2.24. The van der Waals surface area contributed by atoms with Crippen LogP contribution in [0.15, 0.2) is 65.4 Å². The number of aromatic nitrogens is 3. The molecule has 4 aromatic rings. The van der Waals surface area contributed by atoms with Gasteiger partial charge in [-0.25, -0.2) is 4.39 Å². The molecule has 0 radical (unpaired) electrons. The number of rotatable bonds is 6. The fourth-order valence-corrected chi connectivity index (χ4v) is 3.73. The number of hydrogen-bond acceptors (Lipinski definition) is 6. The predicted molar refractivity (Wildman–Crippen MR) is 119 cm³/mol. The number of hydrogen-bond donors (Lipinski definition) is 0. The van der Waals surface area contributed by atoms with Crippen LogP contribution in [0.5, 0.6) is 11.5 Å². The summed E-state index contributed by atoms with van der Waals surface area (Å²) in [4.78, 5) is 22.4. The summed E-state index contributed by atoms with van der Waals surface area (Å²) in [5, 5.41) is 4.04. The Hall–Kier alpha value is -3.78. The minimum Gasteiger partial charge on any atom is -0.457 e. The van der Waals surface area contributed by atoms with Gasteiger partial charge in [0.25, 0.3) is 5.89 Å². The van der Waals surface area contributed by atoms with E-state index in [0.717, 1.165) is 17.5 Å². The first kappa shape index (κ1) is 21.1. The highest BCUT2D eigenvalue weighted by molar-refractivity contribution is 6.30. The monoisotopic (exact) mass is 464 g/mol. The normalized spacial score (nSPS) is 13.5. The van der Waals surface area contributed by atoms with E-state index in [2.05, 4.69) is 15.1 Å². The molecule has 1 fully saturated rings. The topological polar surface area (TPSA) is 81.4 Å². The number of pyridine rings is 1. The third-order valence-corrected chi connectivity index (χ3v) is 5.62. The summed E-state index contributed by atoms with van der Waals surface area (Å²) in [6.07, 6.45) is 4.68. The van der Waals surface area contributed by atoms with Gasteiger partial charge in [-0.05, 0) is 42.8 Å². The molecular weight excluding hydrogens is 447 g/mol. The zero-order valence-corrected chi connectivity index (χ0v) is 18.1. The maximum atomic E-state index is 14.0. The van der Waals surface area contributed by atoms with Crippen molar-refractivity contribution in [3.05, 3.63) is 77.3 Å². The largest absolute Gasteiger partial charge is 0.457 e. The van der Waals surface area contributed by atoms with Crippen LogP contribution >= 0.6 is 11.6 Å². The molecule has 166 valence electrons. The predicted octanol–water partition coefficient (Wildman–Crippen LogP) is 5.51. The fourth-order valence-electron chi connectivity index (χ4n) is 3.61. The van der Waals surface area contributed by atoms with Crippen molar-refractivity contribution in [1.29, 1.82) is 0 Å². The number of carbonyl (C=O) groups excluding carboxylic acids is 1. The Morgan fingerprint density at radius 1 is 1.15 bits per heavy atom. The molecule has 0 N–H and O–H groups in total. The number of carbonyl (C=O) groups is 1. The van der Waals surface area contributed by atoms with Gasteiger partial charge in [0.05, 0.1) is 5.02 Å². The molecule has 2 aromatic carbocycles. The molecule has 7 nitrogen and oxygen atoms in total. The Morgan fingerprint density at radius 2 is 2.06 bits per heavy atom. The molecule has 3 heterocycles. The van der Waals surface area contributed by atoms with Crippen molar-refractivity contribution in [2.45, 2.75) is 19.4 Å². The smallest absolute Gasteiger partial charge is 0.258 e. The Morgan fingerprint density at radius 3 is 2.82 bits per heavy atom. The molecule has 0 spiro atoms. The van der Waals surface area contributed by atoms with Gasteiger partial charge in [-0.1, -0.05) is 22.8 Å². The SMILES string of the molecule is O=C1CCCN1Cc1ccc(-c2nc(-c3cccnc3)no2)cc1Oc1ccc(Cl)c(F)c1. The second kappa shape index (κ2) is 8.99. The number of nitrogens with zero attached hydrogens (tertiary/aromatic N) is 4. The molecule has 0 bridgehead atoms. The summed E-state index contributed by atoms with van der Waals surface area (Å²) in [5.41, 5.74) is 2.12. The number of ether oxygens (including phenoxy) is 1. The van der Waals surface area contributed by atoms with Gasteiger partial charge in [0, 0.05) is 54.7 Å². The maximum absolute atomic E-state index is 14.0. The molecule has 0 atom stereocenters. The zero-order valence-electron chi connectivity index (χ0n) is 17.4. The average Bonchev–Trinajstić information content (AvgIpc) is 3.48. The molecule has 33 heavy (non-hydrogen) atoms. The summed E-state index contributed by atoms with van der Waals surface area (Å²) in [5.74, 6) is 0.955. The number of benzene rings is 2. The molecule has 0 unspecified atom stereocenters. The highest BCUT2D eigenvalue weighted by Gasteiger charge is 2.22. The fraction of sp³-hybridized carbons (Fsp3) is 0.167. The van der Waals surface area contributed by atoms with E-state index in [9.17, 15) is 9.18 Å². The van der Waals surface area contributed by atoms with Gasteiger partial charge in [-0.3, -0.25) is 9.78 Å². The van der Waals surface area contributed by atoms with E-state index >= 15 is 0 Å². The van der Waals surface area contributed by atoms with Crippen molar-refractivity contribution in [3.8, 4) is 34.3 Å². The van der Waals surface area contributed by atoms with Gasteiger partial charge in [0.15, 0.2) is 0 Å². The van der Waals surface area contributed by atoms with Gasteiger partial charge >= 0.3 is 0 Å². The maximum Gasteiger partial charge on any atom is 0.258 e. The standard InChI is InChI=1S/C24H18ClFN4O3/c25-19-8-7-18(12-20(19)26)32-21-11-15(5-6-17(21)14-30-10-2-4-22(30)31)24-28-23(29-33-24)16-3-1-9-27-13-16/h1,3,5-9,11-13H,2,4,10,14H2. The van der Waals surface area contributed by atoms with Crippen LogP contribution in [0.4, 0.5) is 4.39 Å². The minimum absolute atomic E-state index is 0.00720. The molecular formula is C24H18ClFN4O3. The van der Waals surface area contributed by atoms with Crippen LogP contribution in [0.25, 0.3) is 22.8 Å². The highest BCUT2D eigenvalue weighted by Crippen LogP contribution is 2.33. The first-order valence-corrected chi connectivity index (χ1v) is 10.7. The third-order valence-electron chi connectivity index (χ3n) is 5.31. The second-order valence-electron chi connectivity index (χ2n) is 7.58. The Labute approximate surface area is 193 Å². The molecule has 1 saturated heterocycles. The second-order valence-corrected chi connectivity index (χ2v) is 7.99. The van der Waals surface area contributed by atoms with E-state index in [-0.39, 0.29) is 16.7 Å². The summed E-state index contributed by atoms with van der Waals surface area (Å²) < 4.78 is 25.4. The van der Waals surface area contributed by atoms with E-state index in [1.54, 1.807) is 35.5 Å². The molecule has 9 heteroatoms. The quantitative estimate of drug-likeness (QED) is 0.374. The first-order chi connectivity index (χ1) is 16.1. The van der Waals surface area contributed by atoms with Gasteiger partial charge in [0.1, 0.15) is 17.3 Å². The van der Waals surface area contributed by atoms with Crippen molar-refractivity contribution in [2.24, 2.45) is 0 Å². The van der Waals surface area contributed by atoms with Crippen LogP contribution < -0.4 is 4.74 Å². The summed E-state index contributed by atoms with van der Waals surface area (Å²) in [7, 11) is 0. The van der Waals surface area contributed by atoms with Crippen LogP contribution in [0.2, 0.25) is 5.02 Å². The lowest BCUT2D eigenvalue weighted by Gasteiger charge is -2.19. The van der Waals surface area contributed by atoms with E-state index in [1.165, 1.54) is 12.1 Å². The van der Waals surface area contributed by atoms with Crippen LogP contribution in [0, 0.1) is 5.82 Å². The first-order valence-electron chi connectivity index (χ1n) is 10.3. The van der Waals surface area contributed by atoms with Crippen LogP contribution in [0.3, 0.4) is 0 Å². The van der Waals surface area contributed by atoms with Crippen LogP contribution in [-0.4, -0.2) is 32.5 Å². The van der Waals surface area contributed by atoms with Crippen molar-refractivity contribution in [3.63, 3.8) is 0 Å². The van der Waals surface area contributed by atoms with Gasteiger partial charge in [-0.2, -0.15) is 4.98 Å². The molecule has 0 aliphatic carbocycles. The Balaban J connectivity index is 1.49. The van der Waals surface area contributed by atoms with E-state index in [0.29, 0.717) is 42.5 Å². The molecule has 2 aromatic heterocycles. The lowest BCUT2D eigenvalue weighted by atomic mass is 10.1. The number of amides is 1. The van der Waals surface area contributed by atoms with Gasteiger partial charge in [0.2, 0.25) is 11.7 Å². The van der Waals surface area contributed by atoms with Crippen molar-refractivity contribution < 1.29 is 18.4 Å². The van der Waals surface area contributed by atoms with E-state index < -0.39 is 5.82 Å². The Bertz CT molecular complexity index is 1310. The summed E-state index contributed by atoms with van der Waals surface area (Å²) in [6.45, 7) is 1.07. The van der Waals surface area contributed by atoms with Gasteiger partial charge in [-0.15, -0.1) is 0 Å².